The van der Waals surface area contributed by atoms with Crippen molar-refractivity contribution in [1.29, 1.82) is 0 Å². The zero-order valence-electron chi connectivity index (χ0n) is 17.2. The van der Waals surface area contributed by atoms with Crippen LogP contribution in [0, 0.1) is 0 Å². The Balaban J connectivity index is 1.41. The lowest BCUT2D eigenvalue weighted by molar-refractivity contribution is 0.0762. The van der Waals surface area contributed by atoms with Crippen LogP contribution in [0.3, 0.4) is 0 Å². The van der Waals surface area contributed by atoms with Gasteiger partial charge in [-0.3, -0.25) is 4.79 Å². The van der Waals surface area contributed by atoms with E-state index in [0.29, 0.717) is 12.2 Å². The zero-order chi connectivity index (χ0) is 20.9. The molecule has 3 aromatic rings. The van der Waals surface area contributed by atoms with Gasteiger partial charge in [0.15, 0.2) is 0 Å². The first-order valence-electron chi connectivity index (χ1n) is 9.96. The first kappa shape index (κ1) is 20.2. The van der Waals surface area contributed by atoms with Crippen molar-refractivity contribution in [2.24, 2.45) is 0 Å². The van der Waals surface area contributed by atoms with Crippen molar-refractivity contribution in [2.45, 2.75) is 6.42 Å². The van der Waals surface area contributed by atoms with Crippen LogP contribution >= 0.6 is 11.3 Å². The second kappa shape index (κ2) is 9.17. The molecule has 1 amide bonds. The van der Waals surface area contributed by atoms with Gasteiger partial charge in [0, 0.05) is 42.8 Å². The van der Waals surface area contributed by atoms with E-state index in [9.17, 15) is 4.79 Å². The number of benzene rings is 2. The van der Waals surface area contributed by atoms with Gasteiger partial charge in [-0.2, -0.15) is 0 Å². The third kappa shape index (κ3) is 4.41. The summed E-state index contributed by atoms with van der Waals surface area (Å²) in [5.74, 6) is 1.65. The molecule has 0 spiro atoms. The minimum Gasteiger partial charge on any atom is -0.497 e. The van der Waals surface area contributed by atoms with Crippen LogP contribution in [-0.4, -0.2) is 56.2 Å². The molecule has 0 bridgehead atoms. The third-order valence-electron chi connectivity index (χ3n) is 5.28. The van der Waals surface area contributed by atoms with E-state index in [1.165, 1.54) is 11.3 Å². The monoisotopic (exact) mass is 423 g/mol. The number of methoxy groups -OCH3 is 2. The molecule has 6 nitrogen and oxygen atoms in total. The first-order valence-corrected chi connectivity index (χ1v) is 10.8. The lowest BCUT2D eigenvalue weighted by Crippen LogP contribution is -2.35. The van der Waals surface area contributed by atoms with E-state index in [1.54, 1.807) is 14.2 Å². The fourth-order valence-corrected chi connectivity index (χ4v) is 4.37. The van der Waals surface area contributed by atoms with Crippen molar-refractivity contribution in [1.82, 2.24) is 9.88 Å². The first-order chi connectivity index (χ1) is 14.7. The predicted molar refractivity (Wildman–Crippen MR) is 120 cm³/mol. The topological polar surface area (TPSA) is 54.9 Å². The molecule has 2 aromatic carbocycles. The fourth-order valence-electron chi connectivity index (χ4n) is 3.57. The van der Waals surface area contributed by atoms with Crippen molar-refractivity contribution >= 4 is 22.9 Å². The maximum atomic E-state index is 13.0. The maximum Gasteiger partial charge on any atom is 0.273 e. The summed E-state index contributed by atoms with van der Waals surface area (Å²) in [4.78, 5) is 21.9. The Morgan fingerprint density at radius 1 is 0.900 bits per heavy atom. The zero-order valence-corrected chi connectivity index (χ0v) is 18.0. The molecular weight excluding hydrogens is 398 g/mol. The van der Waals surface area contributed by atoms with Gasteiger partial charge >= 0.3 is 0 Å². The smallest absolute Gasteiger partial charge is 0.273 e. The molecule has 1 saturated heterocycles. The molecule has 1 aromatic heterocycles. The van der Waals surface area contributed by atoms with E-state index >= 15 is 0 Å². The van der Waals surface area contributed by atoms with Gasteiger partial charge in [0.1, 0.15) is 22.2 Å². The highest BCUT2D eigenvalue weighted by Gasteiger charge is 2.22. The summed E-state index contributed by atoms with van der Waals surface area (Å²) in [6, 6.07) is 15.8. The highest BCUT2D eigenvalue weighted by atomic mass is 32.1. The van der Waals surface area contributed by atoms with Crippen LogP contribution in [0.25, 0.3) is 10.6 Å². The molecule has 156 valence electrons. The molecule has 7 heteroatoms. The molecule has 0 aliphatic carbocycles. The van der Waals surface area contributed by atoms with Crippen LogP contribution in [-0.2, 0) is 0 Å². The van der Waals surface area contributed by atoms with Crippen molar-refractivity contribution in [3.05, 3.63) is 59.6 Å². The van der Waals surface area contributed by atoms with Gasteiger partial charge in [-0.05, 0) is 55.0 Å². The van der Waals surface area contributed by atoms with Gasteiger partial charge in [-0.25, -0.2) is 4.98 Å². The molecule has 2 heterocycles. The molecule has 0 unspecified atom stereocenters. The Labute approximate surface area is 180 Å². The van der Waals surface area contributed by atoms with E-state index < -0.39 is 0 Å². The lowest BCUT2D eigenvalue weighted by atomic mass is 10.2. The lowest BCUT2D eigenvalue weighted by Gasteiger charge is -2.23. The molecule has 1 aliphatic rings. The maximum absolute atomic E-state index is 13.0. The van der Waals surface area contributed by atoms with Crippen molar-refractivity contribution in [3.8, 4) is 22.1 Å². The molecule has 30 heavy (non-hydrogen) atoms. The summed E-state index contributed by atoms with van der Waals surface area (Å²) in [7, 11) is 3.31. The number of carbonyl (C=O) groups excluding carboxylic acids is 1. The van der Waals surface area contributed by atoms with Crippen LogP contribution < -0.4 is 14.4 Å². The van der Waals surface area contributed by atoms with E-state index in [2.05, 4.69) is 22.0 Å². The number of rotatable bonds is 5. The van der Waals surface area contributed by atoms with E-state index in [0.717, 1.165) is 53.8 Å². The molecule has 0 N–H and O–H groups in total. The van der Waals surface area contributed by atoms with Gasteiger partial charge in [0.05, 0.1) is 14.2 Å². The number of ether oxygens (including phenoxy) is 2. The predicted octanol–water partition coefficient (Wildman–Crippen LogP) is 4.18. The number of nitrogens with zero attached hydrogens (tertiary/aromatic N) is 3. The standard InChI is InChI=1S/C23H25N3O3S/c1-28-19-8-4-17(5-9-19)22-24-21(16-30-22)23(27)26-13-3-12-25(14-15-26)18-6-10-20(29-2)11-7-18/h4-11,16H,3,12-15H2,1-2H3. The summed E-state index contributed by atoms with van der Waals surface area (Å²) in [5.41, 5.74) is 2.66. The molecule has 0 atom stereocenters. The van der Waals surface area contributed by atoms with Crippen molar-refractivity contribution in [3.63, 3.8) is 0 Å². The minimum absolute atomic E-state index is 0.00240. The number of thiazole rings is 1. The average molecular weight is 424 g/mol. The number of anilines is 1. The Morgan fingerprint density at radius 2 is 1.57 bits per heavy atom. The SMILES string of the molecule is COc1ccc(-c2nc(C(=O)N3CCCN(c4ccc(OC)cc4)CC3)cs2)cc1. The van der Waals surface area contributed by atoms with Crippen LogP contribution in [0.5, 0.6) is 11.5 Å². The number of aromatic nitrogens is 1. The summed E-state index contributed by atoms with van der Waals surface area (Å²) in [6.07, 6.45) is 0.924. The molecule has 4 rings (SSSR count). The summed E-state index contributed by atoms with van der Waals surface area (Å²) in [5, 5.41) is 2.70. The van der Waals surface area contributed by atoms with Crippen LogP contribution in [0.1, 0.15) is 16.9 Å². The highest BCUT2D eigenvalue weighted by molar-refractivity contribution is 7.13. The van der Waals surface area contributed by atoms with Gasteiger partial charge < -0.3 is 19.3 Å². The van der Waals surface area contributed by atoms with Crippen LogP contribution in [0.4, 0.5) is 5.69 Å². The van der Waals surface area contributed by atoms with Gasteiger partial charge in [-0.1, -0.05) is 0 Å². The second-order valence-corrected chi connectivity index (χ2v) is 7.96. The molecule has 0 saturated carbocycles. The Morgan fingerprint density at radius 3 is 2.23 bits per heavy atom. The second-order valence-electron chi connectivity index (χ2n) is 7.10. The molecular formula is C23H25N3O3S. The summed E-state index contributed by atoms with van der Waals surface area (Å²) < 4.78 is 10.4. The Bertz CT molecular complexity index is 986. The minimum atomic E-state index is 0.00240. The number of carbonyl (C=O) groups is 1. The highest BCUT2D eigenvalue weighted by Crippen LogP contribution is 2.27. The molecule has 0 radical (unpaired) electrons. The van der Waals surface area contributed by atoms with Crippen LogP contribution in [0.2, 0.25) is 0 Å². The van der Waals surface area contributed by atoms with Crippen molar-refractivity contribution in [2.75, 3.05) is 45.3 Å². The number of hydrogen-bond donors (Lipinski definition) is 0. The van der Waals surface area contributed by atoms with E-state index in [1.807, 2.05) is 46.7 Å². The molecule has 1 fully saturated rings. The van der Waals surface area contributed by atoms with Gasteiger partial charge in [0.2, 0.25) is 0 Å². The number of hydrogen-bond acceptors (Lipinski definition) is 6. The van der Waals surface area contributed by atoms with E-state index in [4.69, 9.17) is 9.47 Å². The Kier molecular flexibility index (Phi) is 6.18. The van der Waals surface area contributed by atoms with E-state index in [-0.39, 0.29) is 5.91 Å². The van der Waals surface area contributed by atoms with Gasteiger partial charge in [0.25, 0.3) is 5.91 Å². The quantitative estimate of drug-likeness (QED) is 0.616. The summed E-state index contributed by atoms with van der Waals surface area (Å²) >= 11 is 1.49. The number of amides is 1. The van der Waals surface area contributed by atoms with Crippen LogP contribution in [0.15, 0.2) is 53.9 Å². The fraction of sp³-hybridized carbons (Fsp3) is 0.304. The summed E-state index contributed by atoms with van der Waals surface area (Å²) in [6.45, 7) is 3.14. The molecule has 1 aliphatic heterocycles. The third-order valence-corrected chi connectivity index (χ3v) is 6.17. The Hall–Kier alpha value is -3.06. The van der Waals surface area contributed by atoms with Gasteiger partial charge in [-0.15, -0.1) is 11.3 Å². The largest absolute Gasteiger partial charge is 0.497 e. The average Bonchev–Trinajstić information content (AvgIpc) is 3.17. The van der Waals surface area contributed by atoms with Crippen molar-refractivity contribution < 1.29 is 14.3 Å². The normalized spacial score (nSPS) is 14.3.